The maximum atomic E-state index is 12.5. The van der Waals surface area contributed by atoms with Gasteiger partial charge >= 0.3 is 0 Å². The average molecular weight is 392 g/mol. The second kappa shape index (κ2) is 7.12. The second-order valence-electron chi connectivity index (χ2n) is 6.41. The highest BCUT2D eigenvalue weighted by Crippen LogP contribution is 2.26. The van der Waals surface area contributed by atoms with Gasteiger partial charge < -0.3 is 15.2 Å². The maximum Gasteiger partial charge on any atom is 0.246 e. The van der Waals surface area contributed by atoms with Gasteiger partial charge in [0.25, 0.3) is 0 Å². The van der Waals surface area contributed by atoms with Crippen molar-refractivity contribution in [2.75, 3.05) is 10.6 Å². The molecule has 27 heavy (non-hydrogen) atoms. The number of anilines is 2. The Hall–Kier alpha value is -2.72. The van der Waals surface area contributed by atoms with Crippen LogP contribution in [0, 0.1) is 13.8 Å². The predicted octanol–water partition coefficient (Wildman–Crippen LogP) is 1.48. The number of nitrogens with zero attached hydrogens (tertiary/aromatic N) is 1. The average Bonchev–Trinajstić information content (AvgIpc) is 2.94. The van der Waals surface area contributed by atoms with Gasteiger partial charge in [-0.2, -0.15) is 4.72 Å². The molecule has 0 radical (unpaired) electrons. The van der Waals surface area contributed by atoms with Crippen molar-refractivity contribution in [2.24, 2.45) is 0 Å². The quantitative estimate of drug-likeness (QED) is 0.706. The topological polar surface area (TPSA) is 130 Å². The van der Waals surface area contributed by atoms with Gasteiger partial charge in [0.1, 0.15) is 10.6 Å². The molecule has 2 heterocycles. The number of benzene rings is 1. The number of amides is 2. The molecule has 3 N–H and O–H groups in total. The highest BCUT2D eigenvalue weighted by atomic mass is 32.2. The number of hydrogen-bond donors (Lipinski definition) is 3. The Labute approximate surface area is 156 Å². The normalized spacial score (nSPS) is 15.0. The van der Waals surface area contributed by atoms with Gasteiger partial charge in [-0.15, -0.1) is 0 Å². The minimum absolute atomic E-state index is 0.0402. The lowest BCUT2D eigenvalue weighted by Crippen LogP contribution is -2.41. The van der Waals surface area contributed by atoms with Gasteiger partial charge in [-0.3, -0.25) is 9.59 Å². The molecule has 0 bridgehead atoms. The van der Waals surface area contributed by atoms with Crippen molar-refractivity contribution >= 4 is 33.2 Å². The van der Waals surface area contributed by atoms with E-state index in [1.165, 1.54) is 20.8 Å². The van der Waals surface area contributed by atoms with Crippen LogP contribution in [0.15, 0.2) is 27.6 Å². The van der Waals surface area contributed by atoms with E-state index in [9.17, 15) is 18.0 Å². The summed E-state index contributed by atoms with van der Waals surface area (Å²) in [6.45, 7) is 4.45. The van der Waals surface area contributed by atoms with Crippen molar-refractivity contribution in [1.82, 2.24) is 9.88 Å². The van der Waals surface area contributed by atoms with E-state index in [4.69, 9.17) is 4.52 Å². The first-order valence-corrected chi connectivity index (χ1v) is 9.84. The van der Waals surface area contributed by atoms with Crippen molar-refractivity contribution in [2.45, 2.75) is 44.6 Å². The smallest absolute Gasteiger partial charge is 0.246 e. The lowest BCUT2D eigenvalue weighted by atomic mass is 10.0. The molecule has 0 unspecified atom stereocenters. The molecule has 10 heteroatoms. The Kier molecular flexibility index (Phi) is 5.03. The molecule has 0 spiro atoms. The first-order chi connectivity index (χ1) is 12.7. The van der Waals surface area contributed by atoms with E-state index in [1.54, 1.807) is 18.2 Å². The Morgan fingerprint density at radius 1 is 1.30 bits per heavy atom. The number of carbonyl (C=O) groups excluding carboxylic acids is 2. The largest absolute Gasteiger partial charge is 0.360 e. The van der Waals surface area contributed by atoms with Crippen LogP contribution in [0.3, 0.4) is 0 Å². The Balaban J connectivity index is 1.70. The zero-order valence-corrected chi connectivity index (χ0v) is 15.9. The molecule has 1 aliphatic rings. The molecule has 2 amide bonds. The molecule has 0 saturated heterocycles. The Bertz CT molecular complexity index is 993. The molecule has 1 aliphatic heterocycles. The van der Waals surface area contributed by atoms with Crippen LogP contribution in [0.25, 0.3) is 0 Å². The first kappa shape index (κ1) is 19.1. The summed E-state index contributed by atoms with van der Waals surface area (Å²) in [5.74, 6) is -0.392. The van der Waals surface area contributed by atoms with Crippen molar-refractivity contribution in [3.63, 3.8) is 0 Å². The van der Waals surface area contributed by atoms with Crippen LogP contribution in [-0.2, 0) is 26.0 Å². The van der Waals surface area contributed by atoms with Gasteiger partial charge in [-0.25, -0.2) is 8.42 Å². The van der Waals surface area contributed by atoms with E-state index in [-0.39, 0.29) is 22.3 Å². The highest BCUT2D eigenvalue weighted by molar-refractivity contribution is 7.89. The molecule has 3 rings (SSSR count). The molecule has 0 saturated carbocycles. The summed E-state index contributed by atoms with van der Waals surface area (Å²) in [6, 6.07) is 4.11. The number of aromatic nitrogens is 1. The van der Waals surface area contributed by atoms with Crippen molar-refractivity contribution in [3.05, 3.63) is 35.2 Å². The minimum Gasteiger partial charge on any atom is -0.360 e. The fraction of sp³-hybridized carbons (Fsp3) is 0.353. The van der Waals surface area contributed by atoms with Crippen molar-refractivity contribution in [3.8, 4) is 0 Å². The number of aryl methyl sites for hydroxylation is 3. The third kappa shape index (κ3) is 4.01. The standard InChI is InChI=1S/C17H20N4O5S/c1-9-16(11(3)26-20-9)27(24,25)21-10(2)17(23)18-13-5-6-14-12(8-13)4-7-15(22)19-14/h5-6,8,10,21H,4,7H2,1-3H3,(H,18,23)(H,19,22)/t10-/m0/s1. The lowest BCUT2D eigenvalue weighted by molar-refractivity contribution is -0.117. The number of fused-ring (bicyclic) bond motifs is 1. The first-order valence-electron chi connectivity index (χ1n) is 8.36. The molecule has 9 nitrogen and oxygen atoms in total. The predicted molar refractivity (Wildman–Crippen MR) is 97.8 cm³/mol. The highest BCUT2D eigenvalue weighted by Gasteiger charge is 2.28. The summed E-state index contributed by atoms with van der Waals surface area (Å²) in [5, 5.41) is 9.07. The van der Waals surface area contributed by atoms with E-state index in [0.717, 1.165) is 11.3 Å². The van der Waals surface area contributed by atoms with E-state index in [2.05, 4.69) is 20.5 Å². The second-order valence-corrected chi connectivity index (χ2v) is 8.06. The minimum atomic E-state index is -3.95. The number of nitrogens with one attached hydrogen (secondary N) is 3. The van der Waals surface area contributed by atoms with E-state index in [1.807, 2.05) is 0 Å². The number of hydrogen-bond acceptors (Lipinski definition) is 6. The van der Waals surface area contributed by atoms with Crippen LogP contribution in [0.4, 0.5) is 11.4 Å². The molecule has 1 aromatic heterocycles. The summed E-state index contributed by atoms with van der Waals surface area (Å²) in [4.78, 5) is 23.7. The SMILES string of the molecule is Cc1noc(C)c1S(=O)(=O)N[C@@H](C)C(=O)Nc1ccc2c(c1)CCC(=O)N2. The van der Waals surface area contributed by atoms with Crippen LogP contribution < -0.4 is 15.4 Å². The van der Waals surface area contributed by atoms with Crippen molar-refractivity contribution in [1.29, 1.82) is 0 Å². The summed E-state index contributed by atoms with van der Waals surface area (Å²) < 4.78 is 32.2. The zero-order chi connectivity index (χ0) is 19.8. The van der Waals surface area contributed by atoms with Gasteiger partial charge in [-0.1, -0.05) is 5.16 Å². The van der Waals surface area contributed by atoms with E-state index in [0.29, 0.717) is 18.5 Å². The zero-order valence-electron chi connectivity index (χ0n) is 15.1. The summed E-state index contributed by atoms with van der Waals surface area (Å²) in [5.41, 5.74) is 2.38. The number of sulfonamides is 1. The molecule has 0 aliphatic carbocycles. The summed E-state index contributed by atoms with van der Waals surface area (Å²) in [6.07, 6.45) is 0.969. The molecular formula is C17H20N4O5S. The molecule has 1 aromatic carbocycles. The van der Waals surface area contributed by atoms with Crippen LogP contribution in [0.5, 0.6) is 0 Å². The van der Waals surface area contributed by atoms with E-state index < -0.39 is 22.0 Å². The lowest BCUT2D eigenvalue weighted by Gasteiger charge is -2.19. The van der Waals surface area contributed by atoms with Gasteiger partial charge in [0.05, 0.1) is 6.04 Å². The summed E-state index contributed by atoms with van der Waals surface area (Å²) >= 11 is 0. The third-order valence-corrected chi connectivity index (χ3v) is 6.01. The molecule has 2 aromatic rings. The van der Waals surface area contributed by atoms with Crippen LogP contribution in [-0.4, -0.2) is 31.4 Å². The Morgan fingerprint density at radius 3 is 2.70 bits per heavy atom. The molecule has 1 atom stereocenters. The van der Waals surface area contributed by atoms with Crippen molar-refractivity contribution < 1.29 is 22.5 Å². The van der Waals surface area contributed by atoms with Crippen LogP contribution in [0.2, 0.25) is 0 Å². The van der Waals surface area contributed by atoms with Gasteiger partial charge in [0.2, 0.25) is 21.8 Å². The third-order valence-electron chi connectivity index (χ3n) is 4.23. The number of rotatable bonds is 5. The maximum absolute atomic E-state index is 12.5. The Morgan fingerprint density at radius 2 is 2.04 bits per heavy atom. The monoisotopic (exact) mass is 392 g/mol. The molecular weight excluding hydrogens is 372 g/mol. The molecule has 0 fully saturated rings. The van der Waals surface area contributed by atoms with E-state index >= 15 is 0 Å². The van der Waals surface area contributed by atoms with Gasteiger partial charge in [0, 0.05) is 17.8 Å². The fourth-order valence-corrected chi connectivity index (χ4v) is 4.45. The van der Waals surface area contributed by atoms with Gasteiger partial charge in [0.15, 0.2) is 5.76 Å². The fourth-order valence-electron chi connectivity index (χ4n) is 2.92. The molecule has 144 valence electrons. The summed E-state index contributed by atoms with van der Waals surface area (Å²) in [7, 11) is -3.95. The van der Waals surface area contributed by atoms with Gasteiger partial charge in [-0.05, 0) is 51.0 Å². The van der Waals surface area contributed by atoms with Crippen LogP contribution >= 0.6 is 0 Å². The number of carbonyl (C=O) groups is 2. The van der Waals surface area contributed by atoms with Crippen LogP contribution in [0.1, 0.15) is 30.4 Å².